The molecule has 0 aliphatic heterocycles. The van der Waals surface area contributed by atoms with Gasteiger partial charge in [0.05, 0.1) is 0 Å². The van der Waals surface area contributed by atoms with Crippen molar-refractivity contribution in [2.45, 2.75) is 102 Å². The first kappa shape index (κ1) is 18.9. The molecule has 0 spiro atoms. The van der Waals surface area contributed by atoms with Gasteiger partial charge in [-0.15, -0.1) is 0 Å². The Labute approximate surface area is 154 Å². The second-order valence-electron chi connectivity index (χ2n) is 8.90. The minimum atomic E-state index is -0.196. The molecule has 0 aromatic rings. The number of rotatable bonds is 6. The van der Waals surface area contributed by atoms with Gasteiger partial charge in [0.25, 0.3) is 0 Å². The fourth-order valence-corrected chi connectivity index (χ4v) is 5.60. The predicted octanol–water partition coefficient (Wildman–Crippen LogP) is 4.71. The van der Waals surface area contributed by atoms with Crippen LogP contribution in [0.2, 0.25) is 0 Å². The fourth-order valence-electron chi connectivity index (χ4n) is 5.60. The summed E-state index contributed by atoms with van der Waals surface area (Å²) in [6, 6.07) is 1.50. The van der Waals surface area contributed by atoms with Crippen LogP contribution in [0.25, 0.3) is 0 Å². The minimum Gasteiger partial charge on any atom is -0.366 e. The van der Waals surface area contributed by atoms with E-state index >= 15 is 0 Å². The van der Waals surface area contributed by atoms with E-state index in [1.54, 1.807) is 0 Å². The lowest BCUT2D eigenvalue weighted by atomic mass is 9.73. The van der Waals surface area contributed by atoms with E-state index in [9.17, 15) is 4.79 Å². The van der Waals surface area contributed by atoms with Crippen molar-refractivity contribution in [2.24, 2.45) is 23.5 Å². The smallest absolute Gasteiger partial charge is 0.244 e. The summed E-state index contributed by atoms with van der Waals surface area (Å²) < 4.78 is 0. The van der Waals surface area contributed by atoms with Crippen LogP contribution in [0.4, 0.5) is 0 Å². The van der Waals surface area contributed by atoms with Crippen molar-refractivity contribution >= 4 is 5.91 Å². The van der Waals surface area contributed by atoms with Gasteiger partial charge in [-0.2, -0.15) is 0 Å². The topological polar surface area (TPSA) is 55.1 Å². The Morgan fingerprint density at radius 3 is 2.28 bits per heavy atom. The second kappa shape index (κ2) is 9.21. The molecule has 2 saturated carbocycles. The second-order valence-corrected chi connectivity index (χ2v) is 8.90. The molecule has 1 amide bonds. The van der Waals surface area contributed by atoms with E-state index in [0.29, 0.717) is 5.92 Å². The Kier molecular flexibility index (Phi) is 6.98. The van der Waals surface area contributed by atoms with Crippen LogP contribution in [0, 0.1) is 17.8 Å². The molecular weight excluding hydrogens is 308 g/mol. The molecule has 0 saturated heterocycles. The Morgan fingerprint density at radius 1 is 1.04 bits per heavy atom. The number of nitrogens with two attached hydrogens (primary N) is 1. The third-order valence-electron chi connectivity index (χ3n) is 7.11. The van der Waals surface area contributed by atoms with Crippen LogP contribution in [0.1, 0.15) is 90.4 Å². The summed E-state index contributed by atoms with van der Waals surface area (Å²) in [5, 5.41) is 3.98. The third-order valence-corrected chi connectivity index (χ3v) is 7.11. The highest BCUT2D eigenvalue weighted by atomic mass is 16.1. The van der Waals surface area contributed by atoms with Gasteiger partial charge in [0.1, 0.15) is 0 Å². The van der Waals surface area contributed by atoms with Crippen molar-refractivity contribution in [1.82, 2.24) is 5.32 Å². The van der Waals surface area contributed by atoms with Gasteiger partial charge < -0.3 is 11.1 Å². The molecule has 3 aliphatic rings. The molecule has 0 bridgehead atoms. The summed E-state index contributed by atoms with van der Waals surface area (Å²) in [5.74, 6) is 2.17. The van der Waals surface area contributed by atoms with Gasteiger partial charge in [-0.25, -0.2) is 0 Å². The van der Waals surface area contributed by atoms with E-state index in [0.717, 1.165) is 42.3 Å². The maximum Gasteiger partial charge on any atom is 0.244 e. The molecule has 0 aromatic heterocycles. The first-order valence-corrected chi connectivity index (χ1v) is 10.9. The van der Waals surface area contributed by atoms with Gasteiger partial charge in [-0.1, -0.05) is 25.8 Å². The van der Waals surface area contributed by atoms with E-state index < -0.39 is 0 Å². The van der Waals surface area contributed by atoms with Crippen molar-refractivity contribution < 1.29 is 4.79 Å². The van der Waals surface area contributed by atoms with Gasteiger partial charge in [-0.05, 0) is 88.4 Å². The largest absolute Gasteiger partial charge is 0.366 e. The number of primary amides is 1. The van der Waals surface area contributed by atoms with Gasteiger partial charge in [-0.3, -0.25) is 4.79 Å². The molecule has 3 N–H and O–H groups in total. The van der Waals surface area contributed by atoms with Crippen LogP contribution >= 0.6 is 0 Å². The molecule has 142 valence electrons. The monoisotopic (exact) mass is 346 g/mol. The normalized spacial score (nSPS) is 36.7. The molecular formula is C22H38N2O. The lowest BCUT2D eigenvalue weighted by Gasteiger charge is -2.38. The predicted molar refractivity (Wildman–Crippen MR) is 104 cm³/mol. The summed E-state index contributed by atoms with van der Waals surface area (Å²) in [6.07, 6.45) is 19.2. The molecule has 25 heavy (non-hydrogen) atoms. The molecule has 0 radical (unpaired) electrons. The van der Waals surface area contributed by atoms with Gasteiger partial charge in [0.15, 0.2) is 0 Å². The average molecular weight is 347 g/mol. The molecule has 2 fully saturated rings. The molecule has 1 unspecified atom stereocenters. The lowest BCUT2D eigenvalue weighted by Crippen LogP contribution is -2.43. The van der Waals surface area contributed by atoms with Crippen molar-refractivity contribution in [1.29, 1.82) is 0 Å². The molecule has 0 heterocycles. The zero-order valence-electron chi connectivity index (χ0n) is 16.1. The zero-order chi connectivity index (χ0) is 17.6. The zero-order valence-corrected chi connectivity index (χ0v) is 16.1. The Hall–Kier alpha value is -0.830. The van der Waals surface area contributed by atoms with E-state index in [1.807, 2.05) is 0 Å². The van der Waals surface area contributed by atoms with Crippen LogP contribution in [0.3, 0.4) is 0 Å². The molecule has 3 nitrogen and oxygen atoms in total. The van der Waals surface area contributed by atoms with Gasteiger partial charge in [0.2, 0.25) is 5.91 Å². The maximum atomic E-state index is 11.5. The van der Waals surface area contributed by atoms with Gasteiger partial charge >= 0.3 is 0 Å². The van der Waals surface area contributed by atoms with E-state index in [2.05, 4.69) is 18.3 Å². The minimum absolute atomic E-state index is 0.196. The highest BCUT2D eigenvalue weighted by Crippen LogP contribution is 2.37. The number of amides is 1. The van der Waals surface area contributed by atoms with Crippen LogP contribution < -0.4 is 11.1 Å². The van der Waals surface area contributed by atoms with Crippen molar-refractivity contribution in [3.63, 3.8) is 0 Å². The van der Waals surface area contributed by atoms with Crippen LogP contribution in [0.15, 0.2) is 11.6 Å². The number of hydrogen-bond donors (Lipinski definition) is 2. The number of carbonyl (C=O) groups excluding carboxylic acids is 1. The maximum absolute atomic E-state index is 11.5. The van der Waals surface area contributed by atoms with E-state index in [1.165, 1.54) is 70.6 Å². The van der Waals surface area contributed by atoms with E-state index in [-0.39, 0.29) is 5.91 Å². The first-order chi connectivity index (χ1) is 12.2. The highest BCUT2D eigenvalue weighted by molar-refractivity contribution is 5.92. The number of carbonyl (C=O) groups is 1. The number of hydrogen-bond acceptors (Lipinski definition) is 2. The van der Waals surface area contributed by atoms with Crippen LogP contribution in [-0.4, -0.2) is 18.0 Å². The lowest BCUT2D eigenvalue weighted by molar-refractivity contribution is -0.114. The summed E-state index contributed by atoms with van der Waals surface area (Å²) in [5.41, 5.74) is 6.39. The molecule has 3 aliphatic carbocycles. The summed E-state index contributed by atoms with van der Waals surface area (Å²) >= 11 is 0. The van der Waals surface area contributed by atoms with Gasteiger partial charge in [0, 0.05) is 17.7 Å². The quantitative estimate of drug-likeness (QED) is 0.732. The highest BCUT2D eigenvalue weighted by Gasteiger charge is 2.30. The number of allylic oxidation sites excluding steroid dienone is 1. The molecule has 3 rings (SSSR count). The average Bonchev–Trinajstić information content (AvgIpc) is 2.64. The van der Waals surface area contributed by atoms with E-state index in [4.69, 9.17) is 5.73 Å². The van der Waals surface area contributed by atoms with Crippen LogP contribution in [-0.2, 0) is 4.79 Å². The van der Waals surface area contributed by atoms with Crippen molar-refractivity contribution in [3.05, 3.63) is 11.6 Å². The fraction of sp³-hybridized carbons (Fsp3) is 0.864. The Balaban J connectivity index is 1.40. The first-order valence-electron chi connectivity index (χ1n) is 10.9. The molecule has 0 aromatic carbocycles. The summed E-state index contributed by atoms with van der Waals surface area (Å²) in [7, 11) is 0. The molecule has 3 heteroatoms. The summed E-state index contributed by atoms with van der Waals surface area (Å²) in [4.78, 5) is 11.5. The molecule has 1 atom stereocenters. The van der Waals surface area contributed by atoms with Crippen LogP contribution in [0.5, 0.6) is 0 Å². The Bertz CT molecular complexity index is 457. The van der Waals surface area contributed by atoms with Crippen molar-refractivity contribution in [2.75, 3.05) is 0 Å². The SMILES string of the molecule is CCCC1CCC(NC2CCC(C3C=C(C(N)=O)CCC3)CC2)CC1. The summed E-state index contributed by atoms with van der Waals surface area (Å²) in [6.45, 7) is 2.32. The van der Waals surface area contributed by atoms with Crippen molar-refractivity contribution in [3.8, 4) is 0 Å². The number of nitrogens with one attached hydrogen (secondary N) is 1. The Morgan fingerprint density at radius 2 is 1.68 bits per heavy atom. The third kappa shape index (κ3) is 5.32. The standard InChI is InChI=1S/C22H38N2O/c1-2-4-16-7-11-20(12-8-16)24-21-13-9-17(10-14-21)18-5-3-6-19(15-18)22(23)25/h15-18,20-21,24H,2-14H2,1H3,(H2,23,25).